The SMILES string of the molecule is COC1CCN(CCC(=O)Nc2cc(Cl)ccc2N)CC1. The van der Waals surface area contributed by atoms with Crippen molar-refractivity contribution in [3.63, 3.8) is 0 Å². The molecule has 0 radical (unpaired) electrons. The second-order valence-corrected chi connectivity index (χ2v) is 5.74. The Morgan fingerprint density at radius 1 is 1.48 bits per heavy atom. The second-order valence-electron chi connectivity index (χ2n) is 5.31. The number of rotatable bonds is 5. The highest BCUT2D eigenvalue weighted by molar-refractivity contribution is 6.31. The average molecular weight is 312 g/mol. The van der Waals surface area contributed by atoms with Gasteiger partial charge in [0.15, 0.2) is 0 Å². The molecule has 0 bridgehead atoms. The van der Waals surface area contributed by atoms with Gasteiger partial charge in [-0.25, -0.2) is 0 Å². The van der Waals surface area contributed by atoms with Gasteiger partial charge in [-0.2, -0.15) is 0 Å². The zero-order valence-corrected chi connectivity index (χ0v) is 13.0. The predicted molar refractivity (Wildman–Crippen MR) is 85.6 cm³/mol. The number of carbonyl (C=O) groups is 1. The molecule has 0 unspecified atom stereocenters. The van der Waals surface area contributed by atoms with Gasteiger partial charge in [-0.15, -0.1) is 0 Å². The van der Waals surface area contributed by atoms with Crippen molar-refractivity contribution < 1.29 is 9.53 Å². The van der Waals surface area contributed by atoms with Gasteiger partial charge < -0.3 is 20.7 Å². The van der Waals surface area contributed by atoms with E-state index in [2.05, 4.69) is 10.2 Å². The van der Waals surface area contributed by atoms with Gasteiger partial charge in [-0.05, 0) is 31.0 Å². The van der Waals surface area contributed by atoms with Crippen molar-refractivity contribution in [3.05, 3.63) is 23.2 Å². The van der Waals surface area contributed by atoms with Gasteiger partial charge >= 0.3 is 0 Å². The van der Waals surface area contributed by atoms with Crippen molar-refractivity contribution in [1.29, 1.82) is 0 Å². The Kier molecular flexibility index (Phi) is 5.85. The number of nitrogens with zero attached hydrogens (tertiary/aromatic N) is 1. The van der Waals surface area contributed by atoms with Crippen molar-refractivity contribution in [2.24, 2.45) is 0 Å². The van der Waals surface area contributed by atoms with Crippen molar-refractivity contribution in [1.82, 2.24) is 4.90 Å². The van der Waals surface area contributed by atoms with Crippen LogP contribution in [0.4, 0.5) is 11.4 Å². The third kappa shape index (κ3) is 4.88. The predicted octanol–water partition coefficient (Wildman–Crippen LogP) is 2.36. The van der Waals surface area contributed by atoms with Gasteiger partial charge in [0.2, 0.25) is 5.91 Å². The van der Waals surface area contributed by atoms with Gasteiger partial charge in [-0.3, -0.25) is 4.79 Å². The number of carbonyl (C=O) groups excluding carboxylic acids is 1. The largest absolute Gasteiger partial charge is 0.397 e. The smallest absolute Gasteiger partial charge is 0.225 e. The number of hydrogen-bond donors (Lipinski definition) is 2. The molecule has 1 aromatic carbocycles. The molecule has 0 saturated carbocycles. The zero-order chi connectivity index (χ0) is 15.2. The molecule has 1 amide bonds. The van der Waals surface area contributed by atoms with Crippen LogP contribution in [0.1, 0.15) is 19.3 Å². The minimum absolute atomic E-state index is 0.0437. The summed E-state index contributed by atoms with van der Waals surface area (Å²) in [6, 6.07) is 5.05. The molecule has 5 nitrogen and oxygen atoms in total. The Morgan fingerprint density at radius 3 is 2.86 bits per heavy atom. The third-order valence-electron chi connectivity index (χ3n) is 3.81. The van der Waals surface area contributed by atoms with Crippen LogP contribution in [0.15, 0.2) is 18.2 Å². The fraction of sp³-hybridized carbons (Fsp3) is 0.533. The van der Waals surface area contributed by atoms with Gasteiger partial charge in [0.1, 0.15) is 0 Å². The van der Waals surface area contributed by atoms with Gasteiger partial charge in [0, 0.05) is 38.2 Å². The Morgan fingerprint density at radius 2 is 2.19 bits per heavy atom. The van der Waals surface area contributed by atoms with Crippen LogP contribution in [0.2, 0.25) is 5.02 Å². The maximum absolute atomic E-state index is 12.0. The number of piperidine rings is 1. The van der Waals surface area contributed by atoms with Crippen LogP contribution in [-0.2, 0) is 9.53 Å². The first kappa shape index (κ1) is 16.1. The van der Waals surface area contributed by atoms with Gasteiger partial charge in [0.05, 0.1) is 17.5 Å². The molecule has 21 heavy (non-hydrogen) atoms. The molecule has 0 spiro atoms. The number of halogens is 1. The molecule has 3 N–H and O–H groups in total. The highest BCUT2D eigenvalue weighted by atomic mass is 35.5. The summed E-state index contributed by atoms with van der Waals surface area (Å²) in [5.41, 5.74) is 6.91. The third-order valence-corrected chi connectivity index (χ3v) is 4.05. The molecule has 2 rings (SSSR count). The lowest BCUT2D eigenvalue weighted by atomic mass is 10.1. The van der Waals surface area contributed by atoms with Crippen molar-refractivity contribution in [3.8, 4) is 0 Å². The van der Waals surface area contributed by atoms with E-state index in [1.807, 2.05) is 0 Å². The number of methoxy groups -OCH3 is 1. The van der Waals surface area contributed by atoms with E-state index in [0.29, 0.717) is 28.9 Å². The quantitative estimate of drug-likeness (QED) is 0.819. The molecule has 1 aromatic rings. The summed E-state index contributed by atoms with van der Waals surface area (Å²) in [6.07, 6.45) is 2.86. The Labute approximate surface area is 130 Å². The zero-order valence-electron chi connectivity index (χ0n) is 12.3. The number of anilines is 2. The normalized spacial score (nSPS) is 16.9. The lowest BCUT2D eigenvalue weighted by molar-refractivity contribution is -0.116. The molecular formula is C15H22ClN3O2. The van der Waals surface area contributed by atoms with E-state index in [0.717, 1.165) is 32.5 Å². The van der Waals surface area contributed by atoms with E-state index in [4.69, 9.17) is 22.1 Å². The molecule has 6 heteroatoms. The summed E-state index contributed by atoms with van der Waals surface area (Å²) in [6.45, 7) is 2.71. The number of likely N-dealkylation sites (tertiary alicyclic amines) is 1. The second kappa shape index (κ2) is 7.64. The van der Waals surface area contributed by atoms with E-state index in [9.17, 15) is 4.79 Å². The maximum Gasteiger partial charge on any atom is 0.225 e. The lowest BCUT2D eigenvalue weighted by Crippen LogP contribution is -2.38. The molecular weight excluding hydrogens is 290 g/mol. The summed E-state index contributed by atoms with van der Waals surface area (Å²) in [7, 11) is 1.75. The van der Waals surface area contributed by atoms with Crippen molar-refractivity contribution in [2.75, 3.05) is 37.8 Å². The molecule has 0 aromatic heterocycles. The molecule has 1 heterocycles. The number of nitrogen functional groups attached to an aromatic ring is 1. The molecule has 0 atom stereocenters. The van der Waals surface area contributed by atoms with Crippen LogP contribution < -0.4 is 11.1 Å². The van der Waals surface area contributed by atoms with Crippen molar-refractivity contribution >= 4 is 28.9 Å². The number of hydrogen-bond acceptors (Lipinski definition) is 4. The van der Waals surface area contributed by atoms with Crippen LogP contribution >= 0.6 is 11.6 Å². The Balaban J connectivity index is 1.76. The standard InChI is InChI=1S/C15H22ClN3O2/c1-21-12-4-7-19(8-5-12)9-6-15(20)18-14-10-11(16)2-3-13(14)17/h2-3,10,12H,4-9,17H2,1H3,(H,18,20). The maximum atomic E-state index is 12.0. The first-order valence-corrected chi connectivity index (χ1v) is 7.56. The van der Waals surface area contributed by atoms with E-state index in [-0.39, 0.29) is 5.91 Å². The first-order valence-electron chi connectivity index (χ1n) is 7.18. The van der Waals surface area contributed by atoms with Crippen LogP contribution in [0.3, 0.4) is 0 Å². The number of amides is 1. The molecule has 1 saturated heterocycles. The number of nitrogens with two attached hydrogens (primary N) is 1. The Bertz CT molecular complexity index is 488. The minimum atomic E-state index is -0.0437. The van der Waals surface area contributed by atoms with Crippen molar-refractivity contribution in [2.45, 2.75) is 25.4 Å². The summed E-state index contributed by atoms with van der Waals surface area (Å²) in [4.78, 5) is 14.3. The summed E-state index contributed by atoms with van der Waals surface area (Å²) < 4.78 is 5.34. The fourth-order valence-corrected chi connectivity index (χ4v) is 2.65. The minimum Gasteiger partial charge on any atom is -0.397 e. The number of nitrogens with one attached hydrogen (secondary N) is 1. The summed E-state index contributed by atoms with van der Waals surface area (Å²) in [5.74, 6) is -0.0437. The van der Waals surface area contributed by atoms with E-state index >= 15 is 0 Å². The Hall–Kier alpha value is -1.30. The molecule has 1 fully saturated rings. The van der Waals surface area contributed by atoms with Crippen LogP contribution in [0.5, 0.6) is 0 Å². The van der Waals surface area contributed by atoms with E-state index < -0.39 is 0 Å². The van der Waals surface area contributed by atoms with Crippen LogP contribution in [-0.4, -0.2) is 43.7 Å². The number of ether oxygens (including phenoxy) is 1. The molecule has 1 aliphatic rings. The lowest BCUT2D eigenvalue weighted by Gasteiger charge is -2.30. The van der Waals surface area contributed by atoms with Gasteiger partial charge in [-0.1, -0.05) is 11.6 Å². The molecule has 1 aliphatic heterocycles. The first-order chi connectivity index (χ1) is 10.1. The number of benzene rings is 1. The van der Waals surface area contributed by atoms with Crippen LogP contribution in [0, 0.1) is 0 Å². The highest BCUT2D eigenvalue weighted by Gasteiger charge is 2.19. The van der Waals surface area contributed by atoms with Gasteiger partial charge in [0.25, 0.3) is 0 Å². The van der Waals surface area contributed by atoms with E-state index in [1.54, 1.807) is 25.3 Å². The molecule has 0 aliphatic carbocycles. The topological polar surface area (TPSA) is 67.6 Å². The van der Waals surface area contributed by atoms with E-state index in [1.165, 1.54) is 0 Å². The monoisotopic (exact) mass is 311 g/mol. The fourth-order valence-electron chi connectivity index (χ4n) is 2.48. The van der Waals surface area contributed by atoms with Crippen LogP contribution in [0.25, 0.3) is 0 Å². The average Bonchev–Trinajstić information content (AvgIpc) is 2.49. The summed E-state index contributed by atoms with van der Waals surface area (Å²) >= 11 is 5.90. The highest BCUT2D eigenvalue weighted by Crippen LogP contribution is 2.23. The molecule has 116 valence electrons. The summed E-state index contributed by atoms with van der Waals surface area (Å²) in [5, 5.41) is 3.37.